The Morgan fingerprint density at radius 1 is 1.18 bits per heavy atom. The Labute approximate surface area is 126 Å². The lowest BCUT2D eigenvalue weighted by Gasteiger charge is -2.11. The number of amides is 1. The molecule has 0 heterocycles. The van der Waals surface area contributed by atoms with Gasteiger partial charge in [-0.3, -0.25) is 19.7 Å². The van der Waals surface area contributed by atoms with E-state index >= 15 is 0 Å². The molecule has 1 aromatic carbocycles. The first-order chi connectivity index (χ1) is 10.4. The number of esters is 1. The van der Waals surface area contributed by atoms with E-state index in [1.165, 1.54) is 26.4 Å². The van der Waals surface area contributed by atoms with Crippen molar-refractivity contribution in [3.63, 3.8) is 0 Å². The van der Waals surface area contributed by atoms with Gasteiger partial charge in [-0.2, -0.15) is 0 Å². The highest BCUT2D eigenvalue weighted by molar-refractivity contribution is 5.79. The van der Waals surface area contributed by atoms with Crippen LogP contribution >= 0.6 is 0 Å². The molecule has 9 heteroatoms. The van der Waals surface area contributed by atoms with Gasteiger partial charge in [-0.15, -0.1) is 0 Å². The minimum Gasteiger partial charge on any atom is -0.493 e. The lowest BCUT2D eigenvalue weighted by Crippen LogP contribution is -2.14. The van der Waals surface area contributed by atoms with Crippen LogP contribution in [0, 0.1) is 10.1 Å². The van der Waals surface area contributed by atoms with Gasteiger partial charge >= 0.3 is 5.97 Å². The van der Waals surface area contributed by atoms with E-state index in [9.17, 15) is 19.7 Å². The van der Waals surface area contributed by atoms with Gasteiger partial charge in [0.05, 0.1) is 37.2 Å². The second-order valence-corrected chi connectivity index (χ2v) is 4.22. The van der Waals surface area contributed by atoms with Crippen molar-refractivity contribution < 1.29 is 28.7 Å². The van der Waals surface area contributed by atoms with Crippen LogP contribution in [0.2, 0.25) is 0 Å². The summed E-state index contributed by atoms with van der Waals surface area (Å²) in [5.41, 5.74) is 4.80. The largest absolute Gasteiger partial charge is 0.493 e. The van der Waals surface area contributed by atoms with Crippen LogP contribution in [0.3, 0.4) is 0 Å². The fourth-order valence-corrected chi connectivity index (χ4v) is 1.65. The molecule has 0 radical (unpaired) electrons. The van der Waals surface area contributed by atoms with Crippen LogP contribution in [0.5, 0.6) is 11.5 Å². The van der Waals surface area contributed by atoms with Crippen molar-refractivity contribution in [1.82, 2.24) is 0 Å². The molecule has 22 heavy (non-hydrogen) atoms. The molecule has 1 amide bonds. The molecule has 0 aliphatic heterocycles. The quantitative estimate of drug-likeness (QED) is 0.429. The first-order valence-electron chi connectivity index (χ1n) is 6.22. The number of nitro groups is 1. The molecule has 120 valence electrons. The summed E-state index contributed by atoms with van der Waals surface area (Å²) in [4.78, 5) is 32.4. The van der Waals surface area contributed by atoms with Crippen molar-refractivity contribution in [3.05, 3.63) is 27.8 Å². The average Bonchev–Trinajstić information content (AvgIpc) is 2.49. The zero-order chi connectivity index (χ0) is 16.7. The number of benzene rings is 1. The molecular formula is C13H16N2O7. The van der Waals surface area contributed by atoms with Crippen molar-refractivity contribution >= 4 is 17.6 Å². The number of nitrogens with zero attached hydrogens (tertiary/aromatic N) is 1. The number of carbonyl (C=O) groups excluding carboxylic acids is 2. The topological polar surface area (TPSA) is 131 Å². The summed E-state index contributed by atoms with van der Waals surface area (Å²) in [7, 11) is 2.73. The number of rotatable bonds is 8. The zero-order valence-corrected chi connectivity index (χ0v) is 12.2. The highest BCUT2D eigenvalue weighted by Gasteiger charge is 2.20. The van der Waals surface area contributed by atoms with E-state index < -0.39 is 16.8 Å². The van der Waals surface area contributed by atoms with Crippen LogP contribution in [0.25, 0.3) is 0 Å². The Balaban J connectivity index is 2.90. The Morgan fingerprint density at radius 2 is 1.77 bits per heavy atom. The van der Waals surface area contributed by atoms with E-state index in [0.717, 1.165) is 0 Å². The number of nitro benzene ring substituents is 1. The summed E-state index contributed by atoms with van der Waals surface area (Å²) in [5, 5.41) is 11.1. The molecule has 0 aliphatic carbocycles. The number of ether oxygens (including phenoxy) is 3. The van der Waals surface area contributed by atoms with Gasteiger partial charge in [0.2, 0.25) is 5.91 Å². The second-order valence-electron chi connectivity index (χ2n) is 4.22. The summed E-state index contributed by atoms with van der Waals surface area (Å²) in [6.07, 6.45) is -0.330. The normalized spacial score (nSPS) is 9.91. The predicted molar refractivity (Wildman–Crippen MR) is 74.4 cm³/mol. The van der Waals surface area contributed by atoms with Crippen LogP contribution in [0.15, 0.2) is 12.1 Å². The number of nitrogens with two attached hydrogens (primary N) is 1. The van der Waals surface area contributed by atoms with E-state index in [4.69, 9.17) is 19.9 Å². The third kappa shape index (κ3) is 4.62. The van der Waals surface area contributed by atoms with Crippen LogP contribution < -0.4 is 15.2 Å². The maximum atomic E-state index is 11.4. The number of primary amides is 1. The first-order valence-corrected chi connectivity index (χ1v) is 6.22. The van der Waals surface area contributed by atoms with Crippen LogP contribution in [-0.4, -0.2) is 31.0 Å². The maximum Gasteiger partial charge on any atom is 0.306 e. The molecule has 2 N–H and O–H groups in total. The van der Waals surface area contributed by atoms with Crippen molar-refractivity contribution in [2.24, 2.45) is 5.73 Å². The monoisotopic (exact) mass is 312 g/mol. The number of carbonyl (C=O) groups is 2. The molecule has 0 fully saturated rings. The standard InChI is InChI=1S/C13H16N2O7/c1-20-10-5-8(7-22-13(17)4-3-12(14)16)9(15(18)19)6-11(10)21-2/h5-6H,3-4,7H2,1-2H3,(H2,14,16). The smallest absolute Gasteiger partial charge is 0.306 e. The molecule has 0 unspecified atom stereocenters. The first kappa shape index (κ1) is 17.2. The van der Waals surface area contributed by atoms with Crippen LogP contribution in [0.1, 0.15) is 18.4 Å². The molecule has 0 aliphatic rings. The molecule has 0 saturated carbocycles. The number of methoxy groups -OCH3 is 2. The van der Waals surface area contributed by atoms with Gasteiger partial charge < -0.3 is 19.9 Å². The lowest BCUT2D eigenvalue weighted by atomic mass is 10.1. The Bertz CT molecular complexity index is 586. The fraction of sp³-hybridized carbons (Fsp3) is 0.385. The summed E-state index contributed by atoms with van der Waals surface area (Å²) < 4.78 is 14.9. The molecule has 1 aromatic rings. The fourth-order valence-electron chi connectivity index (χ4n) is 1.65. The van der Waals surface area contributed by atoms with Crippen molar-refractivity contribution in [2.45, 2.75) is 19.4 Å². The third-order valence-corrected chi connectivity index (χ3v) is 2.75. The summed E-state index contributed by atoms with van der Waals surface area (Å²) in [6, 6.07) is 2.55. The number of hydrogen-bond acceptors (Lipinski definition) is 7. The second kappa shape index (κ2) is 7.81. The van der Waals surface area contributed by atoms with E-state index in [2.05, 4.69) is 0 Å². The molecule has 0 spiro atoms. The summed E-state index contributed by atoms with van der Waals surface area (Å²) >= 11 is 0. The van der Waals surface area contributed by atoms with Crippen molar-refractivity contribution in [1.29, 1.82) is 0 Å². The molecule has 0 saturated heterocycles. The molecule has 0 bridgehead atoms. The van der Waals surface area contributed by atoms with Gasteiger partial charge in [-0.25, -0.2) is 0 Å². The van der Waals surface area contributed by atoms with Gasteiger partial charge in [0.15, 0.2) is 11.5 Å². The average molecular weight is 312 g/mol. The SMILES string of the molecule is COc1cc(COC(=O)CCC(N)=O)c([N+](=O)[O-])cc1OC. The van der Waals surface area contributed by atoms with Gasteiger partial charge in [0.1, 0.15) is 6.61 Å². The Kier molecular flexibility index (Phi) is 6.11. The maximum absolute atomic E-state index is 11.4. The van der Waals surface area contributed by atoms with E-state index in [1.807, 2.05) is 0 Å². The van der Waals surface area contributed by atoms with Gasteiger partial charge in [-0.1, -0.05) is 0 Å². The molecule has 9 nitrogen and oxygen atoms in total. The Morgan fingerprint density at radius 3 is 2.27 bits per heavy atom. The van der Waals surface area contributed by atoms with Crippen molar-refractivity contribution in [2.75, 3.05) is 14.2 Å². The number of hydrogen-bond donors (Lipinski definition) is 1. The zero-order valence-electron chi connectivity index (χ0n) is 12.2. The lowest BCUT2D eigenvalue weighted by molar-refractivity contribution is -0.385. The van der Waals surface area contributed by atoms with E-state index in [0.29, 0.717) is 0 Å². The van der Waals surface area contributed by atoms with Gasteiger partial charge in [0, 0.05) is 6.42 Å². The highest BCUT2D eigenvalue weighted by Crippen LogP contribution is 2.34. The van der Waals surface area contributed by atoms with Gasteiger partial charge in [0.25, 0.3) is 5.69 Å². The minimum absolute atomic E-state index is 0.146. The van der Waals surface area contributed by atoms with Crippen LogP contribution in [0.4, 0.5) is 5.69 Å². The molecular weight excluding hydrogens is 296 g/mol. The molecule has 0 atom stereocenters. The molecule has 0 aromatic heterocycles. The van der Waals surface area contributed by atoms with E-state index in [-0.39, 0.29) is 42.2 Å². The highest BCUT2D eigenvalue weighted by atomic mass is 16.6. The minimum atomic E-state index is -0.678. The molecule has 1 rings (SSSR count). The third-order valence-electron chi connectivity index (χ3n) is 2.75. The Hall–Kier alpha value is -2.84. The summed E-state index contributed by atoms with van der Waals surface area (Å²) in [6.45, 7) is -0.325. The van der Waals surface area contributed by atoms with Crippen molar-refractivity contribution in [3.8, 4) is 11.5 Å². The van der Waals surface area contributed by atoms with Gasteiger partial charge in [-0.05, 0) is 6.07 Å². The summed E-state index contributed by atoms with van der Waals surface area (Å²) in [5.74, 6) is -0.841. The van der Waals surface area contributed by atoms with E-state index in [1.54, 1.807) is 0 Å². The van der Waals surface area contributed by atoms with Crippen LogP contribution in [-0.2, 0) is 20.9 Å². The predicted octanol–water partition coefficient (Wildman–Crippen LogP) is 0.921.